The predicted octanol–water partition coefficient (Wildman–Crippen LogP) is 0.150. The standard InChI is InChI=1S/C21H31N5O5/c1-2-31-18(28)13-25-11-12-26(17(14-27)20(25)29)21(30)23-10-4-6-16-8-7-15-5-3-9-22-19(15)24-16/h7-8,17,27H,2-6,9-14H2,1H3,(H,22,24)(H,23,30). The first-order valence-electron chi connectivity index (χ1n) is 10.9. The van der Waals surface area contributed by atoms with Crippen LogP contribution in [0.1, 0.15) is 31.0 Å². The Bertz CT molecular complexity index is 802. The van der Waals surface area contributed by atoms with E-state index in [0.717, 1.165) is 37.3 Å². The summed E-state index contributed by atoms with van der Waals surface area (Å²) in [7, 11) is 0. The molecule has 2 aliphatic heterocycles. The van der Waals surface area contributed by atoms with Crippen LogP contribution in [0.2, 0.25) is 0 Å². The zero-order valence-electron chi connectivity index (χ0n) is 17.9. The van der Waals surface area contributed by atoms with Crippen LogP contribution in [-0.2, 0) is 27.2 Å². The summed E-state index contributed by atoms with van der Waals surface area (Å²) in [6, 6.07) is 2.73. The van der Waals surface area contributed by atoms with Gasteiger partial charge < -0.3 is 30.3 Å². The smallest absolute Gasteiger partial charge is 0.325 e. The van der Waals surface area contributed by atoms with Gasteiger partial charge in [0.25, 0.3) is 0 Å². The molecule has 0 aromatic carbocycles. The van der Waals surface area contributed by atoms with Crippen LogP contribution in [0.4, 0.5) is 10.6 Å². The lowest BCUT2D eigenvalue weighted by Gasteiger charge is -2.39. The van der Waals surface area contributed by atoms with Gasteiger partial charge in [0.2, 0.25) is 5.91 Å². The zero-order chi connectivity index (χ0) is 22.2. The summed E-state index contributed by atoms with van der Waals surface area (Å²) < 4.78 is 4.87. The van der Waals surface area contributed by atoms with Crippen LogP contribution >= 0.6 is 0 Å². The Morgan fingerprint density at radius 2 is 2.19 bits per heavy atom. The number of piperazine rings is 1. The van der Waals surface area contributed by atoms with Crippen molar-refractivity contribution in [3.05, 3.63) is 23.4 Å². The normalized spacial score (nSPS) is 18.3. The Hall–Kier alpha value is -2.88. The minimum absolute atomic E-state index is 0.179. The van der Waals surface area contributed by atoms with Gasteiger partial charge in [-0.2, -0.15) is 0 Å². The van der Waals surface area contributed by atoms with Crippen LogP contribution in [0, 0.1) is 0 Å². The predicted molar refractivity (Wildman–Crippen MR) is 114 cm³/mol. The molecule has 170 valence electrons. The first-order chi connectivity index (χ1) is 15.0. The Balaban J connectivity index is 1.45. The molecule has 1 aromatic heterocycles. The molecular formula is C21H31N5O5. The number of carbonyl (C=O) groups is 3. The number of fused-ring (bicyclic) bond motifs is 1. The van der Waals surface area contributed by atoms with E-state index in [4.69, 9.17) is 4.74 Å². The average molecular weight is 434 g/mol. The molecule has 1 unspecified atom stereocenters. The number of aliphatic hydroxyl groups is 1. The number of aryl methyl sites for hydroxylation is 2. The monoisotopic (exact) mass is 433 g/mol. The SMILES string of the molecule is CCOC(=O)CN1CCN(C(=O)NCCCc2ccc3c(n2)NCCC3)C(CO)C1=O. The van der Waals surface area contributed by atoms with Crippen molar-refractivity contribution < 1.29 is 24.2 Å². The van der Waals surface area contributed by atoms with Crippen molar-refractivity contribution in [2.24, 2.45) is 0 Å². The number of aromatic nitrogens is 1. The molecular weight excluding hydrogens is 402 g/mol. The zero-order valence-corrected chi connectivity index (χ0v) is 17.9. The molecule has 1 aromatic rings. The third-order valence-electron chi connectivity index (χ3n) is 5.48. The highest BCUT2D eigenvalue weighted by Gasteiger charge is 2.37. The number of esters is 1. The third kappa shape index (κ3) is 5.84. The third-order valence-corrected chi connectivity index (χ3v) is 5.48. The molecule has 10 nitrogen and oxygen atoms in total. The number of nitrogens with zero attached hydrogens (tertiary/aromatic N) is 3. The highest BCUT2D eigenvalue weighted by atomic mass is 16.5. The minimum Gasteiger partial charge on any atom is -0.465 e. The van der Waals surface area contributed by atoms with Gasteiger partial charge in [-0.05, 0) is 44.2 Å². The quantitative estimate of drug-likeness (QED) is 0.394. The first kappa shape index (κ1) is 22.8. The van der Waals surface area contributed by atoms with Crippen LogP contribution in [0.5, 0.6) is 0 Å². The van der Waals surface area contributed by atoms with Gasteiger partial charge in [0.05, 0.1) is 13.2 Å². The van der Waals surface area contributed by atoms with Crippen molar-refractivity contribution >= 4 is 23.7 Å². The number of pyridine rings is 1. The van der Waals surface area contributed by atoms with Crippen LogP contribution in [0.25, 0.3) is 0 Å². The number of ether oxygens (including phenoxy) is 1. The second kappa shape index (κ2) is 10.9. The van der Waals surface area contributed by atoms with Crippen molar-refractivity contribution in [2.45, 2.75) is 38.6 Å². The van der Waals surface area contributed by atoms with E-state index in [1.54, 1.807) is 6.92 Å². The maximum absolute atomic E-state index is 12.6. The number of amides is 3. The van der Waals surface area contributed by atoms with Gasteiger partial charge in [-0.1, -0.05) is 6.07 Å². The number of hydrogen-bond donors (Lipinski definition) is 3. The Morgan fingerprint density at radius 3 is 2.97 bits per heavy atom. The van der Waals surface area contributed by atoms with Crippen molar-refractivity contribution in [1.82, 2.24) is 20.1 Å². The molecule has 0 bridgehead atoms. The number of carbonyl (C=O) groups excluding carboxylic acids is 3. The van der Waals surface area contributed by atoms with Crippen molar-refractivity contribution in [3.8, 4) is 0 Å². The fraction of sp³-hybridized carbons (Fsp3) is 0.619. The molecule has 1 atom stereocenters. The Morgan fingerprint density at radius 1 is 1.35 bits per heavy atom. The van der Waals surface area contributed by atoms with Gasteiger partial charge in [-0.25, -0.2) is 9.78 Å². The number of urea groups is 1. The molecule has 31 heavy (non-hydrogen) atoms. The summed E-state index contributed by atoms with van der Waals surface area (Å²) in [5.41, 5.74) is 2.21. The molecule has 10 heteroatoms. The second-order valence-electron chi connectivity index (χ2n) is 7.63. The summed E-state index contributed by atoms with van der Waals surface area (Å²) >= 11 is 0. The fourth-order valence-corrected chi connectivity index (χ4v) is 3.85. The van der Waals surface area contributed by atoms with Gasteiger partial charge in [0, 0.05) is 31.9 Å². The summed E-state index contributed by atoms with van der Waals surface area (Å²) in [6.45, 7) is 3.07. The Labute approximate surface area is 181 Å². The van der Waals surface area contributed by atoms with E-state index >= 15 is 0 Å². The second-order valence-corrected chi connectivity index (χ2v) is 7.63. The average Bonchev–Trinajstić information content (AvgIpc) is 2.77. The van der Waals surface area contributed by atoms with E-state index in [1.165, 1.54) is 15.4 Å². The van der Waals surface area contributed by atoms with Crippen LogP contribution in [0.15, 0.2) is 12.1 Å². The van der Waals surface area contributed by atoms with Gasteiger partial charge in [0.15, 0.2) is 0 Å². The minimum atomic E-state index is -1.00. The van der Waals surface area contributed by atoms with E-state index in [1.807, 2.05) is 6.07 Å². The van der Waals surface area contributed by atoms with Gasteiger partial charge in [-0.15, -0.1) is 0 Å². The molecule has 0 saturated carbocycles. The summed E-state index contributed by atoms with van der Waals surface area (Å²) in [4.78, 5) is 44.1. The molecule has 0 spiro atoms. The van der Waals surface area contributed by atoms with Crippen molar-refractivity contribution in [2.75, 3.05) is 51.3 Å². The van der Waals surface area contributed by atoms with Gasteiger partial charge in [-0.3, -0.25) is 9.59 Å². The maximum atomic E-state index is 12.6. The summed E-state index contributed by atoms with van der Waals surface area (Å²) in [6.07, 6.45) is 3.60. The van der Waals surface area contributed by atoms with E-state index < -0.39 is 30.6 Å². The summed E-state index contributed by atoms with van der Waals surface area (Å²) in [5.74, 6) is -0.00286. The lowest BCUT2D eigenvalue weighted by molar-refractivity contribution is -0.153. The van der Waals surface area contributed by atoms with Gasteiger partial charge >= 0.3 is 12.0 Å². The van der Waals surface area contributed by atoms with E-state index in [0.29, 0.717) is 13.0 Å². The number of aliphatic hydroxyl groups excluding tert-OH is 1. The van der Waals surface area contributed by atoms with Crippen LogP contribution in [-0.4, -0.2) is 89.8 Å². The molecule has 2 aliphatic rings. The fourth-order valence-electron chi connectivity index (χ4n) is 3.85. The lowest BCUT2D eigenvalue weighted by Crippen LogP contribution is -2.62. The number of hydrogen-bond acceptors (Lipinski definition) is 7. The van der Waals surface area contributed by atoms with Crippen LogP contribution in [0.3, 0.4) is 0 Å². The maximum Gasteiger partial charge on any atom is 0.325 e. The highest BCUT2D eigenvalue weighted by molar-refractivity contribution is 5.90. The van der Waals surface area contributed by atoms with Crippen molar-refractivity contribution in [3.63, 3.8) is 0 Å². The van der Waals surface area contributed by atoms with E-state index in [-0.39, 0.29) is 26.2 Å². The molecule has 0 aliphatic carbocycles. The number of rotatable bonds is 8. The molecule has 3 rings (SSSR count). The van der Waals surface area contributed by atoms with Gasteiger partial charge in [0.1, 0.15) is 18.4 Å². The lowest BCUT2D eigenvalue weighted by atomic mass is 10.1. The molecule has 1 saturated heterocycles. The van der Waals surface area contributed by atoms with Crippen LogP contribution < -0.4 is 10.6 Å². The van der Waals surface area contributed by atoms with E-state index in [9.17, 15) is 19.5 Å². The highest BCUT2D eigenvalue weighted by Crippen LogP contribution is 2.20. The topological polar surface area (TPSA) is 124 Å². The molecule has 3 N–H and O–H groups in total. The molecule has 1 fully saturated rings. The number of nitrogens with one attached hydrogen (secondary N) is 2. The largest absolute Gasteiger partial charge is 0.465 e. The Kier molecular flexibility index (Phi) is 8.05. The molecule has 0 radical (unpaired) electrons. The molecule has 3 amide bonds. The number of anilines is 1. The van der Waals surface area contributed by atoms with Crippen molar-refractivity contribution in [1.29, 1.82) is 0 Å². The summed E-state index contributed by atoms with van der Waals surface area (Å²) in [5, 5.41) is 15.8. The molecule has 3 heterocycles. The first-order valence-corrected chi connectivity index (χ1v) is 10.9. The van der Waals surface area contributed by atoms with E-state index in [2.05, 4.69) is 21.7 Å².